The molecule has 1 aromatic carbocycles. The number of benzene rings is 1. The topological polar surface area (TPSA) is 98.8 Å². The van der Waals surface area contributed by atoms with Gasteiger partial charge in [-0.1, -0.05) is 11.6 Å². The molecule has 0 spiro atoms. The Morgan fingerprint density at radius 2 is 2.17 bits per heavy atom. The minimum atomic E-state index is -3.48. The van der Waals surface area contributed by atoms with Crippen molar-refractivity contribution in [3.63, 3.8) is 0 Å². The second kappa shape index (κ2) is 7.96. The first-order valence-corrected chi connectivity index (χ1v) is 9.59. The minimum absolute atomic E-state index is 0.00876. The molecule has 0 aliphatic carbocycles. The fourth-order valence-electron chi connectivity index (χ4n) is 2.18. The van der Waals surface area contributed by atoms with Crippen LogP contribution in [0, 0.1) is 0 Å². The van der Waals surface area contributed by atoms with Crippen molar-refractivity contribution in [2.75, 3.05) is 26.0 Å². The van der Waals surface area contributed by atoms with Gasteiger partial charge in [0.2, 0.25) is 0 Å². The third-order valence-corrected chi connectivity index (χ3v) is 4.91. The summed E-state index contributed by atoms with van der Waals surface area (Å²) in [6, 6.07) is 3.72. The van der Waals surface area contributed by atoms with E-state index in [-0.39, 0.29) is 21.6 Å². The molecule has 1 atom stereocenters. The summed E-state index contributed by atoms with van der Waals surface area (Å²) < 4.78 is 33.3. The number of carbonyl (C=O) groups excluding carboxylic acids is 2. The van der Waals surface area contributed by atoms with Gasteiger partial charge in [-0.05, 0) is 31.0 Å². The van der Waals surface area contributed by atoms with Crippen LogP contribution in [0.2, 0.25) is 5.02 Å². The number of hydrogen-bond acceptors (Lipinski definition) is 6. The van der Waals surface area contributed by atoms with Crippen LogP contribution in [0.1, 0.15) is 23.2 Å². The lowest BCUT2D eigenvalue weighted by molar-refractivity contribution is -0.124. The molecule has 1 fully saturated rings. The Bertz CT molecular complexity index is 727. The van der Waals surface area contributed by atoms with Gasteiger partial charge in [0, 0.05) is 19.4 Å². The van der Waals surface area contributed by atoms with Crippen molar-refractivity contribution in [2.45, 2.75) is 23.8 Å². The van der Waals surface area contributed by atoms with Crippen LogP contribution in [0.5, 0.6) is 0 Å². The van der Waals surface area contributed by atoms with Crippen LogP contribution in [0.3, 0.4) is 0 Å². The molecule has 1 aliphatic rings. The van der Waals surface area contributed by atoms with E-state index in [1.165, 1.54) is 12.1 Å². The van der Waals surface area contributed by atoms with Crippen molar-refractivity contribution in [3.8, 4) is 0 Å². The average molecular weight is 376 g/mol. The quantitative estimate of drug-likeness (QED) is 0.750. The first-order chi connectivity index (χ1) is 11.3. The molecule has 1 saturated heterocycles. The summed E-state index contributed by atoms with van der Waals surface area (Å²) >= 11 is 5.89. The third kappa shape index (κ3) is 5.19. The SMILES string of the molecule is CS(=O)(=O)c1ccc(Cl)c(C(=O)OCC(=O)NC[C@H]2CCCO2)c1. The van der Waals surface area contributed by atoms with Crippen LogP contribution in [-0.4, -0.2) is 52.4 Å². The standard InChI is InChI=1S/C15H18ClNO6S/c1-24(20,21)11-4-5-13(16)12(7-11)15(19)23-9-14(18)17-8-10-3-2-6-22-10/h4-5,7,10H,2-3,6,8-9H2,1H3,(H,17,18)/t10-/m1/s1. The van der Waals surface area contributed by atoms with Gasteiger partial charge in [0.15, 0.2) is 16.4 Å². The monoisotopic (exact) mass is 375 g/mol. The minimum Gasteiger partial charge on any atom is -0.452 e. The van der Waals surface area contributed by atoms with E-state index in [0.717, 1.165) is 25.2 Å². The van der Waals surface area contributed by atoms with Gasteiger partial charge < -0.3 is 14.8 Å². The highest BCUT2D eigenvalue weighted by Gasteiger charge is 2.19. The molecule has 0 saturated carbocycles. The molecule has 0 radical (unpaired) electrons. The predicted octanol–water partition coefficient (Wildman–Crippen LogP) is 1.20. The van der Waals surface area contributed by atoms with Gasteiger partial charge in [0.1, 0.15) is 0 Å². The number of ether oxygens (including phenoxy) is 2. The van der Waals surface area contributed by atoms with E-state index in [1.807, 2.05) is 0 Å². The van der Waals surface area contributed by atoms with Crippen molar-refractivity contribution < 1.29 is 27.5 Å². The average Bonchev–Trinajstić information content (AvgIpc) is 3.03. The molecule has 1 aromatic rings. The Morgan fingerprint density at radius 3 is 2.79 bits per heavy atom. The Labute approximate surface area is 145 Å². The largest absolute Gasteiger partial charge is 0.452 e. The summed E-state index contributed by atoms with van der Waals surface area (Å²) in [4.78, 5) is 23.6. The maximum atomic E-state index is 12.0. The van der Waals surface area contributed by atoms with Crippen LogP contribution in [-0.2, 0) is 24.1 Å². The van der Waals surface area contributed by atoms with Gasteiger partial charge >= 0.3 is 5.97 Å². The molecule has 0 bridgehead atoms. The molecule has 7 nitrogen and oxygen atoms in total. The van der Waals surface area contributed by atoms with E-state index in [1.54, 1.807) is 0 Å². The molecule has 0 unspecified atom stereocenters. The van der Waals surface area contributed by atoms with Crippen LogP contribution in [0.15, 0.2) is 23.1 Å². The van der Waals surface area contributed by atoms with Crippen LogP contribution in [0.25, 0.3) is 0 Å². The van der Waals surface area contributed by atoms with Crippen molar-refractivity contribution in [3.05, 3.63) is 28.8 Å². The van der Waals surface area contributed by atoms with E-state index in [2.05, 4.69) is 5.32 Å². The van der Waals surface area contributed by atoms with E-state index in [9.17, 15) is 18.0 Å². The molecule has 132 valence electrons. The fraction of sp³-hybridized carbons (Fsp3) is 0.467. The predicted molar refractivity (Wildman–Crippen MR) is 86.8 cm³/mol. The van der Waals surface area contributed by atoms with Crippen molar-refractivity contribution in [2.24, 2.45) is 0 Å². The van der Waals surface area contributed by atoms with Crippen molar-refractivity contribution >= 4 is 33.3 Å². The molecular weight excluding hydrogens is 358 g/mol. The second-order valence-corrected chi connectivity index (χ2v) is 7.85. The molecule has 0 aromatic heterocycles. The molecule has 1 amide bonds. The number of nitrogens with one attached hydrogen (secondary N) is 1. The summed E-state index contributed by atoms with van der Waals surface area (Å²) in [5, 5.41) is 2.66. The first kappa shape index (κ1) is 18.7. The molecule has 9 heteroatoms. The van der Waals surface area contributed by atoms with Crippen LogP contribution in [0.4, 0.5) is 0 Å². The van der Waals surface area contributed by atoms with Crippen LogP contribution >= 0.6 is 11.6 Å². The maximum absolute atomic E-state index is 12.0. The van der Waals surface area contributed by atoms with Gasteiger partial charge in [-0.15, -0.1) is 0 Å². The van der Waals surface area contributed by atoms with E-state index in [0.29, 0.717) is 13.2 Å². The highest BCUT2D eigenvalue weighted by Crippen LogP contribution is 2.21. The molecule has 2 rings (SSSR count). The van der Waals surface area contributed by atoms with E-state index >= 15 is 0 Å². The fourth-order valence-corrected chi connectivity index (χ4v) is 3.03. The summed E-state index contributed by atoms with van der Waals surface area (Å²) in [5.41, 5.74) is -0.105. The van der Waals surface area contributed by atoms with Crippen LogP contribution < -0.4 is 5.32 Å². The van der Waals surface area contributed by atoms with Gasteiger partial charge in [-0.3, -0.25) is 4.79 Å². The number of halogens is 1. The zero-order chi connectivity index (χ0) is 17.7. The number of sulfone groups is 1. The summed E-state index contributed by atoms with van der Waals surface area (Å²) in [5.74, 6) is -1.33. The molecule has 1 N–H and O–H groups in total. The number of hydrogen-bond donors (Lipinski definition) is 1. The highest BCUT2D eigenvalue weighted by atomic mass is 35.5. The summed E-state index contributed by atoms with van der Waals surface area (Å²) in [7, 11) is -3.48. The van der Waals surface area contributed by atoms with Crippen molar-refractivity contribution in [1.29, 1.82) is 0 Å². The second-order valence-electron chi connectivity index (χ2n) is 5.43. The Morgan fingerprint density at radius 1 is 1.42 bits per heavy atom. The molecule has 24 heavy (non-hydrogen) atoms. The van der Waals surface area contributed by atoms with Gasteiger partial charge in [-0.25, -0.2) is 13.2 Å². The zero-order valence-electron chi connectivity index (χ0n) is 13.1. The Balaban J connectivity index is 1.91. The Kier molecular flexibility index (Phi) is 6.20. The smallest absolute Gasteiger partial charge is 0.340 e. The summed E-state index contributed by atoms with van der Waals surface area (Å²) in [6.07, 6.45) is 2.85. The maximum Gasteiger partial charge on any atom is 0.340 e. The van der Waals surface area contributed by atoms with Gasteiger partial charge in [-0.2, -0.15) is 0 Å². The number of rotatable bonds is 6. The normalized spacial score (nSPS) is 17.5. The number of carbonyl (C=O) groups is 2. The lowest BCUT2D eigenvalue weighted by Gasteiger charge is -2.11. The van der Waals surface area contributed by atoms with E-state index < -0.39 is 28.3 Å². The first-order valence-electron chi connectivity index (χ1n) is 7.32. The number of amides is 1. The van der Waals surface area contributed by atoms with Gasteiger partial charge in [0.05, 0.1) is 21.6 Å². The third-order valence-electron chi connectivity index (χ3n) is 3.47. The Hall–Kier alpha value is -1.64. The molecule has 1 aliphatic heterocycles. The lowest BCUT2D eigenvalue weighted by Crippen LogP contribution is -2.34. The van der Waals surface area contributed by atoms with Gasteiger partial charge in [0.25, 0.3) is 5.91 Å². The number of esters is 1. The lowest BCUT2D eigenvalue weighted by atomic mass is 10.2. The summed E-state index contributed by atoms with van der Waals surface area (Å²) in [6.45, 7) is 0.566. The van der Waals surface area contributed by atoms with Crippen molar-refractivity contribution in [1.82, 2.24) is 5.32 Å². The highest BCUT2D eigenvalue weighted by molar-refractivity contribution is 7.90. The van der Waals surface area contributed by atoms with E-state index in [4.69, 9.17) is 21.1 Å². The zero-order valence-corrected chi connectivity index (χ0v) is 14.7. The molecule has 1 heterocycles. The molecular formula is C15H18ClNO6S.